The van der Waals surface area contributed by atoms with Crippen molar-refractivity contribution < 1.29 is 9.59 Å². The van der Waals surface area contributed by atoms with Gasteiger partial charge in [0.1, 0.15) is 5.69 Å². The molecular formula is C19H27N7O2. The van der Waals surface area contributed by atoms with Gasteiger partial charge in [-0.2, -0.15) is 0 Å². The summed E-state index contributed by atoms with van der Waals surface area (Å²) in [6.45, 7) is 5.05. The van der Waals surface area contributed by atoms with Gasteiger partial charge in [0.25, 0.3) is 0 Å². The van der Waals surface area contributed by atoms with Crippen molar-refractivity contribution >= 4 is 17.6 Å². The first kappa shape index (κ1) is 19.8. The second-order valence-corrected chi connectivity index (χ2v) is 7.24. The van der Waals surface area contributed by atoms with Gasteiger partial charge in [-0.15, -0.1) is 5.10 Å². The fourth-order valence-electron chi connectivity index (χ4n) is 3.21. The quantitative estimate of drug-likeness (QED) is 0.718. The molecule has 1 aliphatic rings. The number of benzene rings is 1. The Labute approximate surface area is 164 Å². The van der Waals surface area contributed by atoms with Crippen molar-refractivity contribution in [2.24, 2.45) is 0 Å². The number of carbonyl (C=O) groups is 2. The first-order valence-corrected chi connectivity index (χ1v) is 9.32. The Balaban J connectivity index is 1.56. The van der Waals surface area contributed by atoms with Crippen LogP contribution in [-0.4, -0.2) is 58.5 Å². The Morgan fingerprint density at radius 1 is 1.32 bits per heavy atom. The second-order valence-electron chi connectivity index (χ2n) is 7.24. The first-order chi connectivity index (χ1) is 13.4. The summed E-state index contributed by atoms with van der Waals surface area (Å²) in [7, 11) is 3.35. The molecule has 1 saturated heterocycles. The Bertz CT molecular complexity index is 864. The van der Waals surface area contributed by atoms with Crippen LogP contribution in [0.3, 0.4) is 0 Å². The van der Waals surface area contributed by atoms with Crippen LogP contribution in [0.5, 0.6) is 0 Å². The lowest BCUT2D eigenvalue weighted by molar-refractivity contribution is -0.122. The number of aryl methyl sites for hydroxylation is 2. The highest BCUT2D eigenvalue weighted by molar-refractivity contribution is 5.89. The topological polar surface area (TPSA) is 104 Å². The maximum Gasteiger partial charge on any atom is 0.321 e. The van der Waals surface area contributed by atoms with Crippen LogP contribution >= 0.6 is 0 Å². The van der Waals surface area contributed by atoms with Crippen LogP contribution in [0.25, 0.3) is 0 Å². The van der Waals surface area contributed by atoms with Crippen molar-refractivity contribution in [3.8, 4) is 0 Å². The average Bonchev–Trinajstić information content (AvgIpc) is 3.33. The third kappa shape index (κ3) is 4.48. The number of amides is 3. The molecule has 2 heterocycles. The zero-order valence-electron chi connectivity index (χ0n) is 16.7. The fraction of sp³-hybridized carbons (Fsp3) is 0.474. The van der Waals surface area contributed by atoms with Crippen molar-refractivity contribution in [3.63, 3.8) is 0 Å². The van der Waals surface area contributed by atoms with Crippen LogP contribution in [0.15, 0.2) is 24.4 Å². The smallest absolute Gasteiger partial charge is 0.321 e. The van der Waals surface area contributed by atoms with Crippen molar-refractivity contribution in [1.82, 2.24) is 30.5 Å². The third-order valence-electron chi connectivity index (χ3n) is 5.11. The van der Waals surface area contributed by atoms with Gasteiger partial charge in [0.15, 0.2) is 0 Å². The molecular weight excluding hydrogens is 358 g/mol. The van der Waals surface area contributed by atoms with Gasteiger partial charge in [0.2, 0.25) is 5.91 Å². The van der Waals surface area contributed by atoms with Gasteiger partial charge in [-0.05, 0) is 43.5 Å². The maximum absolute atomic E-state index is 12.4. The molecule has 0 unspecified atom stereocenters. The van der Waals surface area contributed by atoms with Gasteiger partial charge in [-0.25, -0.2) is 9.48 Å². The molecule has 2 atom stereocenters. The number of carbonyl (C=O) groups excluding carboxylic acids is 2. The van der Waals surface area contributed by atoms with Crippen LogP contribution in [0.4, 0.5) is 10.5 Å². The molecule has 3 N–H and O–H groups in total. The largest absolute Gasteiger partial charge is 0.358 e. The first-order valence-electron chi connectivity index (χ1n) is 9.32. The Kier molecular flexibility index (Phi) is 5.93. The highest BCUT2D eigenvalue weighted by atomic mass is 16.2. The average molecular weight is 385 g/mol. The number of aromatic nitrogens is 3. The van der Waals surface area contributed by atoms with E-state index in [0.717, 1.165) is 11.3 Å². The number of likely N-dealkylation sites (N-methyl/N-ethyl adjacent to an activating group) is 1. The minimum Gasteiger partial charge on any atom is -0.358 e. The standard InChI is InChI=1S/C19H27N7O2/c1-12-5-6-14(7-13(12)2)22-19(28)25(4)10-15-11-26(24-23-15)16-8-17(21-9-16)18(27)20-3/h5-7,11,16-17,21H,8-10H2,1-4H3,(H,20,27)(H,22,28)/t16-,17-/m0/s1. The summed E-state index contributed by atoms with van der Waals surface area (Å²) in [5, 5.41) is 17.1. The molecule has 1 aromatic carbocycles. The molecule has 9 heteroatoms. The summed E-state index contributed by atoms with van der Waals surface area (Å²) < 4.78 is 1.76. The van der Waals surface area contributed by atoms with E-state index in [1.54, 1.807) is 23.7 Å². The Hall–Kier alpha value is -2.94. The third-order valence-corrected chi connectivity index (χ3v) is 5.11. The monoisotopic (exact) mass is 385 g/mol. The van der Waals surface area contributed by atoms with E-state index < -0.39 is 0 Å². The molecule has 2 aromatic rings. The van der Waals surface area contributed by atoms with E-state index in [0.29, 0.717) is 25.2 Å². The van der Waals surface area contributed by atoms with E-state index >= 15 is 0 Å². The molecule has 1 fully saturated rings. The van der Waals surface area contributed by atoms with E-state index in [1.807, 2.05) is 38.2 Å². The van der Waals surface area contributed by atoms with Crippen molar-refractivity contribution in [3.05, 3.63) is 41.2 Å². The van der Waals surface area contributed by atoms with Gasteiger partial charge < -0.3 is 20.9 Å². The van der Waals surface area contributed by atoms with E-state index in [9.17, 15) is 9.59 Å². The van der Waals surface area contributed by atoms with E-state index in [4.69, 9.17) is 0 Å². The van der Waals surface area contributed by atoms with Gasteiger partial charge in [-0.1, -0.05) is 11.3 Å². The van der Waals surface area contributed by atoms with Gasteiger partial charge in [0.05, 0.1) is 24.8 Å². The summed E-state index contributed by atoms with van der Waals surface area (Å²) in [6, 6.07) is 5.47. The number of rotatable bonds is 5. The van der Waals surface area contributed by atoms with Crippen LogP contribution in [-0.2, 0) is 11.3 Å². The molecule has 0 bridgehead atoms. The molecule has 9 nitrogen and oxygen atoms in total. The van der Waals surface area contributed by atoms with E-state index in [1.165, 1.54) is 5.56 Å². The fourth-order valence-corrected chi connectivity index (χ4v) is 3.21. The van der Waals surface area contributed by atoms with Crippen molar-refractivity contribution in [2.75, 3.05) is 26.0 Å². The summed E-state index contributed by atoms with van der Waals surface area (Å²) in [5.41, 5.74) is 3.77. The van der Waals surface area contributed by atoms with Crippen LogP contribution in [0.2, 0.25) is 0 Å². The molecule has 150 valence electrons. The highest BCUT2D eigenvalue weighted by Crippen LogP contribution is 2.19. The SMILES string of the molecule is CNC(=O)[C@@H]1C[C@H](n2cc(CN(C)C(=O)Nc3ccc(C)c(C)c3)nn2)CN1. The lowest BCUT2D eigenvalue weighted by Gasteiger charge is -2.17. The number of nitrogens with one attached hydrogen (secondary N) is 3. The lowest BCUT2D eigenvalue weighted by Crippen LogP contribution is -2.38. The normalized spacial score (nSPS) is 18.7. The second kappa shape index (κ2) is 8.39. The van der Waals surface area contributed by atoms with Gasteiger partial charge >= 0.3 is 6.03 Å². The number of urea groups is 1. The minimum absolute atomic E-state index is 0.0226. The summed E-state index contributed by atoms with van der Waals surface area (Å²) in [4.78, 5) is 25.7. The lowest BCUT2D eigenvalue weighted by atomic mass is 10.1. The number of anilines is 1. The molecule has 3 amide bonds. The summed E-state index contributed by atoms with van der Waals surface area (Å²) in [6.07, 6.45) is 2.49. The van der Waals surface area contributed by atoms with E-state index in [-0.39, 0.29) is 24.0 Å². The zero-order valence-corrected chi connectivity index (χ0v) is 16.7. The van der Waals surface area contributed by atoms with Crippen LogP contribution in [0, 0.1) is 13.8 Å². The number of hydrogen-bond donors (Lipinski definition) is 3. The Morgan fingerprint density at radius 2 is 2.11 bits per heavy atom. The summed E-state index contributed by atoms with van der Waals surface area (Å²) in [5.74, 6) is -0.0226. The van der Waals surface area contributed by atoms with Crippen molar-refractivity contribution in [2.45, 2.75) is 38.9 Å². The van der Waals surface area contributed by atoms with E-state index in [2.05, 4.69) is 26.3 Å². The van der Waals surface area contributed by atoms with Gasteiger partial charge in [-0.3, -0.25) is 4.79 Å². The highest BCUT2D eigenvalue weighted by Gasteiger charge is 2.30. The Morgan fingerprint density at radius 3 is 2.82 bits per heavy atom. The van der Waals surface area contributed by atoms with Crippen LogP contribution < -0.4 is 16.0 Å². The molecule has 0 spiro atoms. The molecule has 1 aliphatic heterocycles. The molecule has 28 heavy (non-hydrogen) atoms. The minimum atomic E-state index is -0.214. The zero-order chi connectivity index (χ0) is 20.3. The van der Waals surface area contributed by atoms with Crippen LogP contribution in [0.1, 0.15) is 29.3 Å². The number of nitrogens with zero attached hydrogens (tertiary/aromatic N) is 4. The molecule has 3 rings (SSSR count). The predicted octanol–water partition coefficient (Wildman–Crippen LogP) is 1.21. The predicted molar refractivity (Wildman–Crippen MR) is 106 cm³/mol. The van der Waals surface area contributed by atoms with Crippen molar-refractivity contribution in [1.29, 1.82) is 0 Å². The molecule has 0 saturated carbocycles. The molecule has 1 aromatic heterocycles. The maximum atomic E-state index is 12.4. The molecule has 0 radical (unpaired) electrons. The molecule has 0 aliphatic carbocycles. The van der Waals surface area contributed by atoms with Gasteiger partial charge in [0, 0.05) is 26.3 Å². The summed E-state index contributed by atoms with van der Waals surface area (Å²) >= 11 is 0. The number of hydrogen-bond acceptors (Lipinski definition) is 5.